The highest BCUT2D eigenvalue weighted by Crippen LogP contribution is 2.41. The number of H-pyrrole nitrogens is 1. The SMILES string of the molecule is O=C1CCSC(c2c[nH]c3ccccc23)N1Cc1cccnc1. The summed E-state index contributed by atoms with van der Waals surface area (Å²) in [5.41, 5.74) is 3.36. The van der Waals surface area contributed by atoms with Crippen LogP contribution in [0.5, 0.6) is 0 Å². The number of benzene rings is 1. The first-order valence-corrected chi connectivity index (χ1v) is 8.74. The lowest BCUT2D eigenvalue weighted by Crippen LogP contribution is -2.36. The summed E-state index contributed by atoms with van der Waals surface area (Å²) in [6, 6.07) is 12.2. The number of pyridine rings is 1. The summed E-state index contributed by atoms with van der Waals surface area (Å²) in [4.78, 5) is 22.0. The summed E-state index contributed by atoms with van der Waals surface area (Å²) in [5, 5.41) is 1.24. The van der Waals surface area contributed by atoms with E-state index in [-0.39, 0.29) is 11.3 Å². The van der Waals surface area contributed by atoms with Crippen molar-refractivity contribution < 1.29 is 4.79 Å². The van der Waals surface area contributed by atoms with E-state index in [2.05, 4.69) is 22.1 Å². The van der Waals surface area contributed by atoms with Crippen molar-refractivity contribution in [3.05, 3.63) is 66.1 Å². The van der Waals surface area contributed by atoms with Crippen LogP contribution in [0, 0.1) is 0 Å². The average Bonchev–Trinajstić information content (AvgIpc) is 3.02. The van der Waals surface area contributed by atoms with Gasteiger partial charge in [0.1, 0.15) is 5.37 Å². The van der Waals surface area contributed by atoms with E-state index in [9.17, 15) is 4.79 Å². The van der Waals surface area contributed by atoms with Crippen LogP contribution in [-0.2, 0) is 11.3 Å². The zero-order chi connectivity index (χ0) is 15.6. The predicted molar refractivity (Wildman–Crippen MR) is 92.9 cm³/mol. The third-order valence-electron chi connectivity index (χ3n) is 4.16. The molecule has 3 aromatic rings. The Balaban J connectivity index is 1.71. The summed E-state index contributed by atoms with van der Waals surface area (Å²) in [6.45, 7) is 0.601. The van der Waals surface area contributed by atoms with Crippen molar-refractivity contribution in [1.82, 2.24) is 14.9 Å². The van der Waals surface area contributed by atoms with Crippen molar-refractivity contribution in [2.24, 2.45) is 0 Å². The molecule has 1 unspecified atom stereocenters. The number of carbonyl (C=O) groups is 1. The molecule has 2 aromatic heterocycles. The van der Waals surface area contributed by atoms with Gasteiger partial charge in [0.2, 0.25) is 5.91 Å². The molecule has 3 heterocycles. The van der Waals surface area contributed by atoms with Gasteiger partial charge in [-0.05, 0) is 17.7 Å². The van der Waals surface area contributed by atoms with E-state index >= 15 is 0 Å². The smallest absolute Gasteiger partial charge is 0.224 e. The zero-order valence-electron chi connectivity index (χ0n) is 12.6. The number of carbonyl (C=O) groups excluding carboxylic acids is 1. The van der Waals surface area contributed by atoms with Gasteiger partial charge in [-0.3, -0.25) is 9.78 Å². The molecule has 5 heteroatoms. The Kier molecular flexibility index (Phi) is 3.79. The molecule has 1 aliphatic rings. The van der Waals surface area contributed by atoms with E-state index in [1.165, 1.54) is 10.9 Å². The van der Waals surface area contributed by atoms with Crippen LogP contribution in [0.1, 0.15) is 22.9 Å². The van der Waals surface area contributed by atoms with Gasteiger partial charge in [0, 0.05) is 53.8 Å². The third-order valence-corrected chi connectivity index (χ3v) is 5.42. The maximum Gasteiger partial charge on any atom is 0.224 e. The number of nitrogens with zero attached hydrogens (tertiary/aromatic N) is 2. The first-order chi connectivity index (χ1) is 11.3. The molecular formula is C18H17N3OS. The Morgan fingerprint density at radius 1 is 1.26 bits per heavy atom. The first kappa shape index (κ1) is 14.3. The molecule has 0 spiro atoms. The number of para-hydroxylation sites is 1. The van der Waals surface area contributed by atoms with Gasteiger partial charge in [0.25, 0.3) is 0 Å². The maximum absolute atomic E-state index is 12.5. The van der Waals surface area contributed by atoms with Crippen molar-refractivity contribution in [3.63, 3.8) is 0 Å². The lowest BCUT2D eigenvalue weighted by atomic mass is 10.1. The van der Waals surface area contributed by atoms with Gasteiger partial charge in [-0.1, -0.05) is 24.3 Å². The molecule has 23 heavy (non-hydrogen) atoms. The van der Waals surface area contributed by atoms with Gasteiger partial charge < -0.3 is 9.88 Å². The molecule has 1 saturated heterocycles. The topological polar surface area (TPSA) is 49.0 Å². The standard InChI is InChI=1S/C18H17N3OS/c22-17-7-9-23-18(21(17)12-13-4-3-8-19-10-13)15-11-20-16-6-2-1-5-14(15)16/h1-6,8,10-11,18,20H,7,9,12H2. The molecule has 4 rings (SSSR count). The summed E-state index contributed by atoms with van der Waals surface area (Å²) in [5.74, 6) is 1.08. The minimum atomic E-state index is 0.0487. The fourth-order valence-electron chi connectivity index (χ4n) is 3.04. The molecule has 1 amide bonds. The van der Waals surface area contributed by atoms with Gasteiger partial charge in [-0.2, -0.15) is 0 Å². The molecular weight excluding hydrogens is 306 g/mol. The number of aromatic amines is 1. The van der Waals surface area contributed by atoms with Crippen molar-refractivity contribution in [2.75, 3.05) is 5.75 Å². The summed E-state index contributed by atoms with van der Waals surface area (Å²) in [6.07, 6.45) is 6.23. The van der Waals surface area contributed by atoms with Gasteiger partial charge in [0.15, 0.2) is 0 Å². The van der Waals surface area contributed by atoms with E-state index in [1.807, 2.05) is 53.3 Å². The minimum absolute atomic E-state index is 0.0487. The van der Waals surface area contributed by atoms with Crippen molar-refractivity contribution in [2.45, 2.75) is 18.3 Å². The van der Waals surface area contributed by atoms with Crippen LogP contribution in [0.15, 0.2) is 55.0 Å². The first-order valence-electron chi connectivity index (χ1n) is 7.69. The number of amides is 1. The Hall–Kier alpha value is -2.27. The molecule has 0 bridgehead atoms. The zero-order valence-corrected chi connectivity index (χ0v) is 13.4. The highest BCUT2D eigenvalue weighted by molar-refractivity contribution is 7.99. The fraction of sp³-hybridized carbons (Fsp3) is 0.222. The number of fused-ring (bicyclic) bond motifs is 1. The van der Waals surface area contributed by atoms with E-state index < -0.39 is 0 Å². The van der Waals surface area contributed by atoms with Gasteiger partial charge >= 0.3 is 0 Å². The number of hydrogen-bond acceptors (Lipinski definition) is 3. The molecule has 1 N–H and O–H groups in total. The van der Waals surface area contributed by atoms with Gasteiger partial charge in [-0.25, -0.2) is 0 Å². The van der Waals surface area contributed by atoms with Crippen molar-refractivity contribution in [1.29, 1.82) is 0 Å². The second-order valence-corrected chi connectivity index (χ2v) is 6.83. The summed E-state index contributed by atoms with van der Waals surface area (Å²) < 4.78 is 0. The quantitative estimate of drug-likeness (QED) is 0.799. The lowest BCUT2D eigenvalue weighted by molar-refractivity contribution is -0.132. The minimum Gasteiger partial charge on any atom is -0.361 e. The Bertz CT molecular complexity index is 830. The number of rotatable bonds is 3. The number of thioether (sulfide) groups is 1. The Morgan fingerprint density at radius 2 is 2.17 bits per heavy atom. The van der Waals surface area contributed by atoms with Gasteiger partial charge in [-0.15, -0.1) is 11.8 Å². The van der Waals surface area contributed by atoms with E-state index in [1.54, 1.807) is 6.20 Å². The number of hydrogen-bond donors (Lipinski definition) is 1. The van der Waals surface area contributed by atoms with E-state index in [0.717, 1.165) is 16.8 Å². The summed E-state index contributed by atoms with van der Waals surface area (Å²) in [7, 11) is 0. The molecule has 0 saturated carbocycles. The molecule has 1 fully saturated rings. The number of aromatic nitrogens is 2. The molecule has 0 radical (unpaired) electrons. The highest BCUT2D eigenvalue weighted by Gasteiger charge is 2.31. The molecule has 116 valence electrons. The van der Waals surface area contributed by atoms with Crippen LogP contribution < -0.4 is 0 Å². The largest absolute Gasteiger partial charge is 0.361 e. The normalized spacial score (nSPS) is 18.5. The van der Waals surface area contributed by atoms with Crippen LogP contribution in [0.25, 0.3) is 10.9 Å². The van der Waals surface area contributed by atoms with Crippen LogP contribution in [0.4, 0.5) is 0 Å². The van der Waals surface area contributed by atoms with Crippen molar-refractivity contribution >= 4 is 28.6 Å². The third kappa shape index (κ3) is 2.72. The monoisotopic (exact) mass is 323 g/mol. The van der Waals surface area contributed by atoms with Gasteiger partial charge in [0.05, 0.1) is 0 Å². The van der Waals surface area contributed by atoms with E-state index in [0.29, 0.717) is 13.0 Å². The van der Waals surface area contributed by atoms with E-state index in [4.69, 9.17) is 0 Å². The lowest BCUT2D eigenvalue weighted by Gasteiger charge is -2.35. The van der Waals surface area contributed by atoms with Crippen LogP contribution in [-0.4, -0.2) is 26.5 Å². The molecule has 4 nitrogen and oxygen atoms in total. The molecule has 1 aliphatic heterocycles. The van der Waals surface area contributed by atoms with Crippen LogP contribution in [0.3, 0.4) is 0 Å². The highest BCUT2D eigenvalue weighted by atomic mass is 32.2. The van der Waals surface area contributed by atoms with Crippen molar-refractivity contribution in [3.8, 4) is 0 Å². The number of nitrogens with one attached hydrogen (secondary N) is 1. The predicted octanol–water partition coefficient (Wildman–Crippen LogP) is 3.73. The molecule has 0 aliphatic carbocycles. The maximum atomic E-state index is 12.5. The molecule has 1 atom stereocenters. The average molecular weight is 323 g/mol. The fourth-order valence-corrected chi connectivity index (χ4v) is 4.30. The second-order valence-electron chi connectivity index (χ2n) is 5.65. The molecule has 1 aromatic carbocycles. The van der Waals surface area contributed by atoms with Crippen LogP contribution >= 0.6 is 11.8 Å². The Morgan fingerprint density at radius 3 is 3.04 bits per heavy atom. The summed E-state index contributed by atoms with van der Waals surface area (Å²) >= 11 is 1.83. The second kappa shape index (κ2) is 6.08. The van der Waals surface area contributed by atoms with Crippen LogP contribution in [0.2, 0.25) is 0 Å². The Labute approximate surface area is 138 Å².